The van der Waals surface area contributed by atoms with Crippen LogP contribution < -0.4 is 10.1 Å². The maximum atomic E-state index is 13.2. The number of anilines is 2. The molecule has 0 fully saturated rings. The van der Waals surface area contributed by atoms with Crippen LogP contribution in [0.5, 0.6) is 5.75 Å². The number of benzene rings is 2. The summed E-state index contributed by atoms with van der Waals surface area (Å²) in [6.07, 6.45) is 1.92. The molecule has 0 aliphatic carbocycles. The van der Waals surface area contributed by atoms with Crippen LogP contribution in [0.1, 0.15) is 17.5 Å². The molecular weight excluding hydrogens is 311 g/mol. The highest BCUT2D eigenvalue weighted by Gasteiger charge is 2.13. The lowest BCUT2D eigenvalue weighted by Crippen LogP contribution is -1.94. The van der Waals surface area contributed by atoms with E-state index in [4.69, 9.17) is 9.15 Å². The molecule has 0 saturated heterocycles. The number of aromatic nitrogens is 1. The zero-order valence-electron chi connectivity index (χ0n) is 13.4. The number of hydrogen-bond donors (Lipinski definition) is 1. The number of aldehydes is 1. The Hall–Kier alpha value is -2.89. The molecule has 124 valence electrons. The van der Waals surface area contributed by atoms with Gasteiger partial charge in [0.1, 0.15) is 17.9 Å². The highest BCUT2D eigenvalue weighted by molar-refractivity contribution is 5.83. The summed E-state index contributed by atoms with van der Waals surface area (Å²) in [5.41, 5.74) is 3.55. The number of methoxy groups -OCH3 is 1. The van der Waals surface area contributed by atoms with Crippen molar-refractivity contribution < 1.29 is 18.3 Å². The Labute approximate surface area is 138 Å². The minimum absolute atomic E-state index is 0.294. The number of oxazole rings is 1. The molecule has 3 aromatic rings. The van der Waals surface area contributed by atoms with E-state index >= 15 is 0 Å². The van der Waals surface area contributed by atoms with Gasteiger partial charge in [0, 0.05) is 12.1 Å². The molecule has 3 rings (SSSR count). The number of rotatable bonds is 6. The molecular formula is C18H17FN2O3. The Kier molecular flexibility index (Phi) is 4.46. The summed E-state index contributed by atoms with van der Waals surface area (Å²) in [6, 6.07) is 8.43. The topological polar surface area (TPSA) is 64.4 Å². The minimum Gasteiger partial charge on any atom is -0.494 e. The molecule has 0 atom stereocenters. The maximum Gasteiger partial charge on any atom is 0.300 e. The number of nitrogens with zero attached hydrogens (tertiary/aromatic N) is 1. The van der Waals surface area contributed by atoms with Crippen molar-refractivity contribution in [3.05, 3.63) is 47.3 Å². The molecule has 5 nitrogen and oxygen atoms in total. The Morgan fingerprint density at radius 2 is 2.17 bits per heavy atom. The van der Waals surface area contributed by atoms with Crippen LogP contribution in [0.2, 0.25) is 0 Å². The van der Waals surface area contributed by atoms with E-state index in [1.165, 1.54) is 12.1 Å². The van der Waals surface area contributed by atoms with E-state index in [1.807, 2.05) is 12.1 Å². The van der Waals surface area contributed by atoms with Gasteiger partial charge in [0.2, 0.25) is 0 Å². The molecule has 1 N–H and O–H groups in total. The van der Waals surface area contributed by atoms with Crippen LogP contribution in [0.4, 0.5) is 16.1 Å². The smallest absolute Gasteiger partial charge is 0.300 e. The fourth-order valence-electron chi connectivity index (χ4n) is 2.51. The van der Waals surface area contributed by atoms with Crippen molar-refractivity contribution in [2.75, 3.05) is 12.4 Å². The number of fused-ring (bicyclic) bond motifs is 1. The van der Waals surface area contributed by atoms with Gasteiger partial charge in [-0.25, -0.2) is 4.39 Å². The summed E-state index contributed by atoms with van der Waals surface area (Å²) in [7, 11) is 1.56. The molecule has 0 saturated carbocycles. The summed E-state index contributed by atoms with van der Waals surface area (Å²) in [5.74, 6) is 0.290. The van der Waals surface area contributed by atoms with E-state index in [9.17, 15) is 9.18 Å². The highest BCUT2D eigenvalue weighted by Crippen LogP contribution is 2.31. The Morgan fingerprint density at radius 3 is 2.88 bits per heavy atom. The molecule has 0 aliphatic rings. The van der Waals surface area contributed by atoms with Gasteiger partial charge in [-0.3, -0.25) is 0 Å². The van der Waals surface area contributed by atoms with Gasteiger partial charge in [-0.2, -0.15) is 4.98 Å². The van der Waals surface area contributed by atoms with Crippen molar-refractivity contribution in [1.82, 2.24) is 4.98 Å². The zero-order valence-corrected chi connectivity index (χ0v) is 13.4. The zero-order chi connectivity index (χ0) is 17.1. The summed E-state index contributed by atoms with van der Waals surface area (Å²) >= 11 is 0. The molecule has 6 heteroatoms. The van der Waals surface area contributed by atoms with Crippen LogP contribution in [-0.2, 0) is 11.2 Å². The number of nitrogens with one attached hydrogen (secondary N) is 1. The Balaban J connectivity index is 1.96. The van der Waals surface area contributed by atoms with E-state index in [2.05, 4.69) is 10.3 Å². The third kappa shape index (κ3) is 3.22. The van der Waals surface area contributed by atoms with Crippen molar-refractivity contribution in [3.8, 4) is 5.75 Å². The normalized spacial score (nSPS) is 10.8. The van der Waals surface area contributed by atoms with Crippen LogP contribution in [-0.4, -0.2) is 18.4 Å². The second-order valence-electron chi connectivity index (χ2n) is 5.45. The molecule has 2 aromatic carbocycles. The molecule has 0 bridgehead atoms. The first-order valence-electron chi connectivity index (χ1n) is 7.55. The number of aryl methyl sites for hydroxylation is 2. The first kappa shape index (κ1) is 16.0. The molecule has 0 spiro atoms. The number of carbonyl (C=O) groups excluding carboxylic acids is 1. The van der Waals surface area contributed by atoms with E-state index < -0.39 is 0 Å². The van der Waals surface area contributed by atoms with Crippen LogP contribution in [0, 0.1) is 12.7 Å². The highest BCUT2D eigenvalue weighted by atomic mass is 19.1. The number of halogens is 1. The molecule has 0 aliphatic heterocycles. The quantitative estimate of drug-likeness (QED) is 0.688. The van der Waals surface area contributed by atoms with Crippen molar-refractivity contribution >= 4 is 29.1 Å². The fraction of sp³-hybridized carbons (Fsp3) is 0.222. The number of carbonyl (C=O) groups is 1. The third-order valence-electron chi connectivity index (χ3n) is 3.72. The van der Waals surface area contributed by atoms with Crippen LogP contribution in [0.3, 0.4) is 0 Å². The lowest BCUT2D eigenvalue weighted by atomic mass is 10.1. The van der Waals surface area contributed by atoms with Crippen molar-refractivity contribution in [1.29, 1.82) is 0 Å². The van der Waals surface area contributed by atoms with Crippen molar-refractivity contribution in [3.63, 3.8) is 0 Å². The fourth-order valence-corrected chi connectivity index (χ4v) is 2.51. The summed E-state index contributed by atoms with van der Waals surface area (Å²) < 4.78 is 24.3. The Morgan fingerprint density at radius 1 is 1.33 bits per heavy atom. The third-order valence-corrected chi connectivity index (χ3v) is 3.72. The number of ether oxygens (including phenoxy) is 1. The summed E-state index contributed by atoms with van der Waals surface area (Å²) in [5, 5.41) is 3.05. The molecule has 0 radical (unpaired) electrons. The average Bonchev–Trinajstić information content (AvgIpc) is 2.97. The largest absolute Gasteiger partial charge is 0.494 e. The van der Waals surface area contributed by atoms with E-state index in [1.54, 1.807) is 20.1 Å². The lowest BCUT2D eigenvalue weighted by molar-refractivity contribution is -0.107. The summed E-state index contributed by atoms with van der Waals surface area (Å²) in [6.45, 7) is 1.80. The van der Waals surface area contributed by atoms with Gasteiger partial charge in [-0.15, -0.1) is 0 Å². The second kappa shape index (κ2) is 6.70. The predicted molar refractivity (Wildman–Crippen MR) is 89.4 cm³/mol. The molecule has 0 unspecified atom stereocenters. The molecule has 1 heterocycles. The standard InChI is InChI=1S/C18H17FN2O3/c1-11-8-13(19)5-6-14(11)20-18-21-17-15(23-2)9-12(4-3-7-22)10-16(17)24-18/h5-10H,3-4H2,1-2H3,(H,20,21). The lowest BCUT2D eigenvalue weighted by Gasteiger charge is -2.05. The monoisotopic (exact) mass is 328 g/mol. The van der Waals surface area contributed by atoms with E-state index in [-0.39, 0.29) is 5.82 Å². The first-order valence-corrected chi connectivity index (χ1v) is 7.55. The van der Waals surface area contributed by atoms with Gasteiger partial charge in [0.15, 0.2) is 11.1 Å². The van der Waals surface area contributed by atoms with Gasteiger partial charge in [-0.05, 0) is 54.8 Å². The van der Waals surface area contributed by atoms with E-state index in [0.717, 1.165) is 17.4 Å². The SMILES string of the molecule is COc1cc(CCC=O)cc2oc(Nc3ccc(F)cc3C)nc12. The minimum atomic E-state index is -0.294. The van der Waals surface area contributed by atoms with Gasteiger partial charge < -0.3 is 19.3 Å². The molecule has 0 amide bonds. The van der Waals surface area contributed by atoms with Crippen LogP contribution in [0.15, 0.2) is 34.7 Å². The van der Waals surface area contributed by atoms with Gasteiger partial charge in [0.05, 0.1) is 7.11 Å². The maximum absolute atomic E-state index is 13.2. The van der Waals surface area contributed by atoms with Gasteiger partial charge in [0.25, 0.3) is 6.01 Å². The first-order chi connectivity index (χ1) is 11.6. The van der Waals surface area contributed by atoms with Crippen molar-refractivity contribution in [2.45, 2.75) is 19.8 Å². The second-order valence-corrected chi connectivity index (χ2v) is 5.45. The average molecular weight is 328 g/mol. The van der Waals surface area contributed by atoms with Gasteiger partial charge >= 0.3 is 0 Å². The van der Waals surface area contributed by atoms with Gasteiger partial charge in [-0.1, -0.05) is 0 Å². The number of hydrogen-bond acceptors (Lipinski definition) is 5. The predicted octanol–water partition coefficient (Wildman–Crippen LogP) is 4.16. The molecule has 1 aromatic heterocycles. The van der Waals surface area contributed by atoms with E-state index in [0.29, 0.717) is 41.4 Å². The Bertz CT molecular complexity index is 889. The van der Waals surface area contributed by atoms with Crippen molar-refractivity contribution in [2.24, 2.45) is 0 Å². The van der Waals surface area contributed by atoms with Crippen LogP contribution in [0.25, 0.3) is 11.1 Å². The summed E-state index contributed by atoms with van der Waals surface area (Å²) in [4.78, 5) is 15.0. The molecule has 24 heavy (non-hydrogen) atoms. The van der Waals surface area contributed by atoms with Crippen LogP contribution >= 0.6 is 0 Å².